The van der Waals surface area contributed by atoms with Crippen molar-refractivity contribution in [2.45, 2.75) is 18.9 Å². The van der Waals surface area contributed by atoms with Crippen molar-refractivity contribution in [1.29, 1.82) is 0 Å². The zero-order valence-corrected chi connectivity index (χ0v) is 11.3. The molecule has 0 heterocycles. The summed E-state index contributed by atoms with van der Waals surface area (Å²) < 4.78 is 13.4. The smallest absolute Gasteiger partial charge is 0.272 e. The summed E-state index contributed by atoms with van der Waals surface area (Å²) in [5.74, 6) is -0.400. The van der Waals surface area contributed by atoms with Crippen LogP contribution in [0.1, 0.15) is 22.7 Å². The number of nitrogens with zero attached hydrogens (tertiary/aromatic N) is 1. The van der Waals surface area contributed by atoms with Gasteiger partial charge in [0.2, 0.25) is 0 Å². The minimum absolute atomic E-state index is 0.0421. The lowest BCUT2D eigenvalue weighted by Gasteiger charge is -2.16. The highest BCUT2D eigenvalue weighted by atomic mass is 19.1. The van der Waals surface area contributed by atoms with Gasteiger partial charge in [0.1, 0.15) is 5.82 Å². The largest absolute Gasteiger partial charge is 0.324 e. The second-order valence-electron chi connectivity index (χ2n) is 5.42. The summed E-state index contributed by atoms with van der Waals surface area (Å²) in [5, 5.41) is 11.1. The number of nitrogens with two attached hydrogens (primary N) is 1. The number of halogens is 1. The number of nitro benzene ring substituents is 1. The van der Waals surface area contributed by atoms with E-state index in [0.29, 0.717) is 12.0 Å². The Morgan fingerprint density at radius 2 is 2.05 bits per heavy atom. The third-order valence-corrected chi connectivity index (χ3v) is 4.12. The van der Waals surface area contributed by atoms with Gasteiger partial charge in [-0.25, -0.2) is 4.39 Å². The lowest BCUT2D eigenvalue weighted by molar-refractivity contribution is -0.385. The highest BCUT2D eigenvalue weighted by Crippen LogP contribution is 2.37. The molecule has 0 bridgehead atoms. The fraction of sp³-hybridized carbons (Fsp3) is 0.250. The average Bonchev–Trinajstić information content (AvgIpc) is 2.76. The van der Waals surface area contributed by atoms with Crippen LogP contribution >= 0.6 is 0 Å². The highest BCUT2D eigenvalue weighted by Gasteiger charge is 2.31. The van der Waals surface area contributed by atoms with Crippen LogP contribution in [0.2, 0.25) is 0 Å². The van der Waals surface area contributed by atoms with Crippen molar-refractivity contribution in [2.75, 3.05) is 0 Å². The monoisotopic (exact) mass is 286 g/mol. The minimum atomic E-state index is -0.470. The predicted octanol–water partition coefficient (Wildman–Crippen LogP) is 3.15. The molecule has 5 heteroatoms. The summed E-state index contributed by atoms with van der Waals surface area (Å²) in [7, 11) is 0. The van der Waals surface area contributed by atoms with Crippen LogP contribution in [-0.4, -0.2) is 4.92 Å². The number of fused-ring (bicyclic) bond motifs is 1. The molecule has 2 unspecified atom stereocenters. The Morgan fingerprint density at radius 3 is 2.76 bits per heavy atom. The minimum Gasteiger partial charge on any atom is -0.324 e. The number of rotatable bonds is 3. The van der Waals surface area contributed by atoms with Crippen molar-refractivity contribution >= 4 is 5.69 Å². The molecule has 2 atom stereocenters. The van der Waals surface area contributed by atoms with E-state index in [1.807, 2.05) is 24.3 Å². The molecule has 2 aromatic rings. The first-order valence-electron chi connectivity index (χ1n) is 6.82. The summed E-state index contributed by atoms with van der Waals surface area (Å²) in [6, 6.07) is 11.3. The molecule has 1 aliphatic carbocycles. The Balaban J connectivity index is 1.89. The van der Waals surface area contributed by atoms with Gasteiger partial charge in [0.05, 0.1) is 4.92 Å². The third kappa shape index (κ3) is 2.52. The molecule has 1 aliphatic rings. The van der Waals surface area contributed by atoms with Crippen LogP contribution in [0.25, 0.3) is 0 Å². The summed E-state index contributed by atoms with van der Waals surface area (Å²) in [5.41, 5.74) is 8.87. The van der Waals surface area contributed by atoms with E-state index in [0.717, 1.165) is 18.1 Å². The zero-order valence-electron chi connectivity index (χ0n) is 11.3. The van der Waals surface area contributed by atoms with Gasteiger partial charge in [-0.1, -0.05) is 24.3 Å². The first kappa shape index (κ1) is 13.7. The third-order valence-electron chi connectivity index (χ3n) is 4.12. The fourth-order valence-corrected chi connectivity index (χ4v) is 3.09. The van der Waals surface area contributed by atoms with Gasteiger partial charge in [0.15, 0.2) is 0 Å². The molecular formula is C16H15FN2O2. The van der Waals surface area contributed by atoms with Crippen molar-refractivity contribution in [1.82, 2.24) is 0 Å². The van der Waals surface area contributed by atoms with Gasteiger partial charge >= 0.3 is 0 Å². The second-order valence-corrected chi connectivity index (χ2v) is 5.42. The first-order valence-corrected chi connectivity index (χ1v) is 6.82. The topological polar surface area (TPSA) is 69.2 Å². The molecule has 2 aromatic carbocycles. The summed E-state index contributed by atoms with van der Waals surface area (Å²) in [6.45, 7) is 0. The molecular weight excluding hydrogens is 271 g/mol. The van der Waals surface area contributed by atoms with Crippen LogP contribution in [-0.2, 0) is 12.8 Å². The predicted molar refractivity (Wildman–Crippen MR) is 77.3 cm³/mol. The Morgan fingerprint density at radius 1 is 1.29 bits per heavy atom. The average molecular weight is 286 g/mol. The molecule has 21 heavy (non-hydrogen) atoms. The van der Waals surface area contributed by atoms with Gasteiger partial charge in [-0.3, -0.25) is 10.1 Å². The van der Waals surface area contributed by atoms with Crippen molar-refractivity contribution in [2.24, 2.45) is 11.7 Å². The van der Waals surface area contributed by atoms with E-state index in [4.69, 9.17) is 5.73 Å². The maximum Gasteiger partial charge on any atom is 0.272 e. The summed E-state index contributed by atoms with van der Waals surface area (Å²) in [6.07, 6.45) is 1.18. The van der Waals surface area contributed by atoms with E-state index in [1.165, 1.54) is 17.7 Å². The van der Waals surface area contributed by atoms with Gasteiger partial charge < -0.3 is 5.73 Å². The maximum atomic E-state index is 13.4. The molecule has 0 aliphatic heterocycles. The van der Waals surface area contributed by atoms with Gasteiger partial charge in [0, 0.05) is 17.7 Å². The molecule has 0 saturated heterocycles. The summed E-state index contributed by atoms with van der Waals surface area (Å²) >= 11 is 0. The molecule has 0 spiro atoms. The standard InChI is InChI=1S/C16H15FN2O2/c17-13-5-6-15(19(20)21)11(9-13)8-12-7-10-3-1-2-4-14(10)16(12)18/h1-6,9,12,16H,7-8,18H2. The van der Waals surface area contributed by atoms with Crippen molar-refractivity contribution < 1.29 is 9.31 Å². The van der Waals surface area contributed by atoms with E-state index >= 15 is 0 Å². The van der Waals surface area contributed by atoms with E-state index in [-0.39, 0.29) is 17.6 Å². The van der Waals surface area contributed by atoms with Gasteiger partial charge in [-0.2, -0.15) is 0 Å². The molecule has 0 amide bonds. The molecule has 2 N–H and O–H groups in total. The van der Waals surface area contributed by atoms with Gasteiger partial charge in [-0.15, -0.1) is 0 Å². The van der Waals surface area contributed by atoms with Crippen molar-refractivity contribution in [3.63, 3.8) is 0 Å². The lowest BCUT2D eigenvalue weighted by Crippen LogP contribution is -2.19. The number of hydrogen-bond donors (Lipinski definition) is 1. The van der Waals surface area contributed by atoms with Gasteiger partial charge in [0.25, 0.3) is 5.69 Å². The van der Waals surface area contributed by atoms with Crippen LogP contribution in [0, 0.1) is 21.8 Å². The molecule has 3 rings (SSSR count). The fourth-order valence-electron chi connectivity index (χ4n) is 3.09. The highest BCUT2D eigenvalue weighted by molar-refractivity contribution is 5.42. The van der Waals surface area contributed by atoms with E-state index in [2.05, 4.69) is 0 Å². The summed E-state index contributed by atoms with van der Waals surface area (Å²) in [4.78, 5) is 10.6. The second kappa shape index (κ2) is 5.26. The Bertz CT molecular complexity index is 702. The molecule has 4 nitrogen and oxygen atoms in total. The van der Waals surface area contributed by atoms with E-state index in [9.17, 15) is 14.5 Å². The van der Waals surface area contributed by atoms with Gasteiger partial charge in [-0.05, 0) is 42.0 Å². The first-order chi connectivity index (χ1) is 10.1. The van der Waals surface area contributed by atoms with Crippen LogP contribution in [0.5, 0.6) is 0 Å². The Hall–Kier alpha value is -2.27. The van der Waals surface area contributed by atoms with Crippen molar-refractivity contribution in [3.05, 3.63) is 75.1 Å². The maximum absolute atomic E-state index is 13.4. The zero-order chi connectivity index (χ0) is 15.0. The quantitative estimate of drug-likeness (QED) is 0.696. The number of hydrogen-bond acceptors (Lipinski definition) is 3. The van der Waals surface area contributed by atoms with Crippen LogP contribution in [0.15, 0.2) is 42.5 Å². The SMILES string of the molecule is NC1c2ccccc2CC1Cc1cc(F)ccc1[N+](=O)[O-]. The normalized spacial score (nSPS) is 20.3. The Labute approximate surface area is 121 Å². The molecule has 0 radical (unpaired) electrons. The number of nitro groups is 1. The van der Waals surface area contributed by atoms with E-state index < -0.39 is 10.7 Å². The molecule has 0 aromatic heterocycles. The molecule has 0 saturated carbocycles. The molecule has 108 valence electrons. The van der Waals surface area contributed by atoms with E-state index in [1.54, 1.807) is 0 Å². The van der Waals surface area contributed by atoms with Crippen LogP contribution in [0.4, 0.5) is 10.1 Å². The van der Waals surface area contributed by atoms with Crippen LogP contribution < -0.4 is 5.73 Å². The van der Waals surface area contributed by atoms with Crippen LogP contribution in [0.3, 0.4) is 0 Å². The Kier molecular flexibility index (Phi) is 3.43. The molecule has 0 fully saturated rings. The lowest BCUT2D eigenvalue weighted by atomic mass is 9.92. The van der Waals surface area contributed by atoms with Crippen molar-refractivity contribution in [3.8, 4) is 0 Å². The number of benzene rings is 2.